The van der Waals surface area contributed by atoms with E-state index in [1.54, 1.807) is 6.07 Å². The highest BCUT2D eigenvalue weighted by molar-refractivity contribution is 5.84. The molecule has 6 rings (SSSR count). The van der Waals surface area contributed by atoms with Gasteiger partial charge < -0.3 is 21.0 Å². The number of aliphatic hydroxyl groups is 1. The monoisotopic (exact) mass is 478 g/mol. The van der Waals surface area contributed by atoms with Crippen LogP contribution in [0.1, 0.15) is 88.7 Å². The van der Waals surface area contributed by atoms with E-state index < -0.39 is 0 Å². The number of benzene rings is 1. The number of fused-ring (bicyclic) bond motifs is 6. The fraction of sp³-hybridized carbons (Fsp3) is 0.700. The van der Waals surface area contributed by atoms with Gasteiger partial charge in [-0.15, -0.1) is 0 Å². The summed E-state index contributed by atoms with van der Waals surface area (Å²) in [6.07, 6.45) is 11.0. The van der Waals surface area contributed by atoms with Crippen LogP contribution in [0.25, 0.3) is 11.0 Å². The van der Waals surface area contributed by atoms with E-state index in [-0.39, 0.29) is 23.1 Å². The second-order valence-electron chi connectivity index (χ2n) is 12.8. The molecule has 4 fully saturated rings. The minimum Gasteiger partial charge on any atom is -0.422 e. The summed E-state index contributed by atoms with van der Waals surface area (Å²) < 4.78 is 5.83. The molecular formula is C30H42N2O3. The zero-order chi connectivity index (χ0) is 24.5. The van der Waals surface area contributed by atoms with Crippen LogP contribution in [0.15, 0.2) is 27.4 Å². The topological polar surface area (TPSA) is 102 Å². The first kappa shape index (κ1) is 23.5. The zero-order valence-electron chi connectivity index (χ0n) is 21.4. The molecule has 0 spiro atoms. The molecular weight excluding hydrogens is 436 g/mol. The van der Waals surface area contributed by atoms with Gasteiger partial charge in [-0.2, -0.15) is 0 Å². The van der Waals surface area contributed by atoms with E-state index >= 15 is 0 Å². The maximum absolute atomic E-state index is 13.3. The van der Waals surface area contributed by atoms with Crippen LogP contribution in [0, 0.1) is 34.5 Å². The fourth-order valence-electron chi connectivity index (χ4n) is 9.62. The van der Waals surface area contributed by atoms with Crippen molar-refractivity contribution in [2.75, 3.05) is 12.3 Å². The van der Waals surface area contributed by atoms with Gasteiger partial charge in [0.1, 0.15) is 5.58 Å². The SMILES string of the molecule is CC12CCC3C(CCC4CC(c5c(CCN)c6ccc(N)cc6oc5=O)CCC43C)C1CCC2O. The summed E-state index contributed by atoms with van der Waals surface area (Å²) in [6, 6.07) is 5.65. The van der Waals surface area contributed by atoms with Gasteiger partial charge in [0.2, 0.25) is 0 Å². The molecule has 0 bridgehead atoms. The van der Waals surface area contributed by atoms with Gasteiger partial charge in [-0.05, 0) is 129 Å². The van der Waals surface area contributed by atoms with Crippen molar-refractivity contribution in [3.63, 3.8) is 0 Å². The molecule has 1 aromatic carbocycles. The maximum Gasteiger partial charge on any atom is 0.340 e. The Morgan fingerprint density at radius 3 is 2.60 bits per heavy atom. The van der Waals surface area contributed by atoms with E-state index in [0.717, 1.165) is 47.6 Å². The largest absolute Gasteiger partial charge is 0.422 e. The molecule has 8 atom stereocenters. The molecule has 0 amide bonds. The molecule has 4 saturated carbocycles. The Hall–Kier alpha value is -1.85. The molecule has 5 N–H and O–H groups in total. The van der Waals surface area contributed by atoms with Crippen LogP contribution >= 0.6 is 0 Å². The van der Waals surface area contributed by atoms with Gasteiger partial charge >= 0.3 is 5.63 Å². The molecule has 5 heteroatoms. The van der Waals surface area contributed by atoms with Gasteiger partial charge in [0.25, 0.3) is 0 Å². The first-order valence-electron chi connectivity index (χ1n) is 14.0. The van der Waals surface area contributed by atoms with Crippen molar-refractivity contribution in [3.05, 3.63) is 39.7 Å². The van der Waals surface area contributed by atoms with Crippen LogP contribution in [0.2, 0.25) is 0 Å². The van der Waals surface area contributed by atoms with Crippen LogP contribution in [0.5, 0.6) is 0 Å². The molecule has 4 aliphatic rings. The molecule has 0 aliphatic heterocycles. The van der Waals surface area contributed by atoms with E-state index in [2.05, 4.69) is 13.8 Å². The lowest BCUT2D eigenvalue weighted by Crippen LogP contribution is -2.54. The second kappa shape index (κ2) is 8.34. The van der Waals surface area contributed by atoms with Crippen LogP contribution in [0.3, 0.4) is 0 Å². The number of hydrogen-bond donors (Lipinski definition) is 3. The number of aliphatic hydroxyl groups excluding tert-OH is 1. The summed E-state index contributed by atoms with van der Waals surface area (Å²) in [5, 5.41) is 11.8. The van der Waals surface area contributed by atoms with Gasteiger partial charge in [-0.1, -0.05) is 13.8 Å². The van der Waals surface area contributed by atoms with Crippen molar-refractivity contribution >= 4 is 16.7 Å². The van der Waals surface area contributed by atoms with E-state index in [1.807, 2.05) is 12.1 Å². The quantitative estimate of drug-likeness (QED) is 0.407. The van der Waals surface area contributed by atoms with Crippen LogP contribution in [-0.2, 0) is 6.42 Å². The van der Waals surface area contributed by atoms with E-state index in [4.69, 9.17) is 15.9 Å². The second-order valence-corrected chi connectivity index (χ2v) is 12.8. The first-order chi connectivity index (χ1) is 16.8. The average molecular weight is 479 g/mol. The molecule has 8 unspecified atom stereocenters. The lowest BCUT2D eigenvalue weighted by atomic mass is 9.44. The third-order valence-electron chi connectivity index (χ3n) is 11.5. The molecule has 35 heavy (non-hydrogen) atoms. The molecule has 4 aliphatic carbocycles. The highest BCUT2D eigenvalue weighted by Crippen LogP contribution is 2.67. The van der Waals surface area contributed by atoms with E-state index in [9.17, 15) is 9.90 Å². The smallest absolute Gasteiger partial charge is 0.340 e. The predicted octanol–water partition coefficient (Wildman–Crippen LogP) is 5.36. The van der Waals surface area contributed by atoms with Gasteiger partial charge in [0.15, 0.2) is 0 Å². The van der Waals surface area contributed by atoms with Gasteiger partial charge in [0, 0.05) is 22.7 Å². The summed E-state index contributed by atoms with van der Waals surface area (Å²) in [4.78, 5) is 13.3. The maximum atomic E-state index is 13.3. The van der Waals surface area contributed by atoms with Crippen molar-refractivity contribution in [2.45, 2.75) is 90.1 Å². The lowest BCUT2D eigenvalue weighted by Gasteiger charge is -2.61. The number of nitrogen functional groups attached to an aromatic ring is 1. The summed E-state index contributed by atoms with van der Waals surface area (Å²) in [7, 11) is 0. The Bertz CT molecular complexity index is 1190. The summed E-state index contributed by atoms with van der Waals surface area (Å²) in [6.45, 7) is 5.44. The number of anilines is 1. The summed E-state index contributed by atoms with van der Waals surface area (Å²) in [5.74, 6) is 3.08. The molecule has 2 aromatic rings. The Morgan fingerprint density at radius 1 is 1.03 bits per heavy atom. The van der Waals surface area contributed by atoms with Crippen molar-refractivity contribution in [1.82, 2.24) is 0 Å². The van der Waals surface area contributed by atoms with Crippen LogP contribution < -0.4 is 17.1 Å². The Kier molecular flexibility index (Phi) is 5.61. The first-order valence-corrected chi connectivity index (χ1v) is 14.0. The molecule has 1 heterocycles. The third-order valence-corrected chi connectivity index (χ3v) is 11.5. The number of nitrogens with two attached hydrogens (primary N) is 2. The van der Waals surface area contributed by atoms with Gasteiger partial charge in [0.05, 0.1) is 6.10 Å². The van der Waals surface area contributed by atoms with E-state index in [1.165, 1.54) is 38.5 Å². The molecule has 1 aromatic heterocycles. The van der Waals surface area contributed by atoms with E-state index in [0.29, 0.717) is 41.5 Å². The normalized spacial score (nSPS) is 40.8. The van der Waals surface area contributed by atoms with Crippen molar-refractivity contribution in [3.8, 4) is 0 Å². The average Bonchev–Trinajstić information content (AvgIpc) is 3.13. The standard InChI is InChI=1S/C30H42N2O3/c1-29-12-9-17(27-21(11-14-31)20-6-4-19(32)16-25(20)35-28(27)34)15-18(29)3-5-22-23-7-8-26(33)30(23,2)13-10-24(22)29/h4,6,16-18,22-24,26,33H,3,5,7-15,31-32H2,1-2H3. The summed E-state index contributed by atoms with van der Waals surface area (Å²) >= 11 is 0. The highest BCUT2D eigenvalue weighted by atomic mass is 16.4. The Labute approximate surface area is 208 Å². The zero-order valence-corrected chi connectivity index (χ0v) is 21.4. The number of hydrogen-bond acceptors (Lipinski definition) is 5. The van der Waals surface area contributed by atoms with Gasteiger partial charge in [-0.25, -0.2) is 4.79 Å². The predicted molar refractivity (Wildman–Crippen MR) is 140 cm³/mol. The molecule has 0 saturated heterocycles. The molecule has 190 valence electrons. The lowest BCUT2D eigenvalue weighted by molar-refractivity contribution is -0.123. The highest BCUT2D eigenvalue weighted by Gasteiger charge is 2.60. The Morgan fingerprint density at radius 2 is 1.80 bits per heavy atom. The fourth-order valence-corrected chi connectivity index (χ4v) is 9.62. The van der Waals surface area contributed by atoms with Crippen molar-refractivity contribution < 1.29 is 9.52 Å². The van der Waals surface area contributed by atoms with Crippen LogP contribution in [-0.4, -0.2) is 17.8 Å². The molecule has 5 nitrogen and oxygen atoms in total. The van der Waals surface area contributed by atoms with Gasteiger partial charge in [-0.3, -0.25) is 0 Å². The van der Waals surface area contributed by atoms with Crippen molar-refractivity contribution in [2.24, 2.45) is 40.2 Å². The van der Waals surface area contributed by atoms with Crippen LogP contribution in [0.4, 0.5) is 5.69 Å². The minimum absolute atomic E-state index is 0.113. The Balaban J connectivity index is 1.31. The molecule has 0 radical (unpaired) electrons. The summed E-state index contributed by atoms with van der Waals surface area (Å²) in [5.41, 5.74) is 15.4. The number of rotatable bonds is 3. The minimum atomic E-state index is -0.192. The third kappa shape index (κ3) is 3.44. The van der Waals surface area contributed by atoms with Crippen molar-refractivity contribution in [1.29, 1.82) is 0 Å².